The van der Waals surface area contributed by atoms with Crippen molar-refractivity contribution in [1.29, 1.82) is 0 Å². The van der Waals surface area contributed by atoms with E-state index in [1.54, 1.807) is 29.2 Å². The van der Waals surface area contributed by atoms with Gasteiger partial charge in [-0.25, -0.2) is 8.42 Å². The Morgan fingerprint density at radius 2 is 1.71 bits per heavy atom. The zero-order valence-corrected chi connectivity index (χ0v) is 14.8. The molecule has 1 N–H and O–H groups in total. The minimum Gasteiger partial charge on any atom is -0.339 e. The fourth-order valence-electron chi connectivity index (χ4n) is 2.28. The predicted molar refractivity (Wildman–Crippen MR) is 94.2 cm³/mol. The van der Waals surface area contributed by atoms with E-state index in [-0.39, 0.29) is 20.8 Å². The smallest absolute Gasteiger partial charge is 0.263 e. The Kier molecular flexibility index (Phi) is 4.71. The Labute approximate surface area is 150 Å². The molecule has 5 nitrogen and oxygen atoms in total. The van der Waals surface area contributed by atoms with Crippen molar-refractivity contribution in [3.8, 4) is 0 Å². The van der Waals surface area contributed by atoms with E-state index in [2.05, 4.69) is 4.72 Å². The average molecular weight is 385 g/mol. The fraction of sp³-hybridized carbons (Fsp3) is 0.188. The molecule has 2 aromatic rings. The van der Waals surface area contributed by atoms with Gasteiger partial charge in [0.25, 0.3) is 15.9 Å². The van der Waals surface area contributed by atoms with Gasteiger partial charge in [0.15, 0.2) is 0 Å². The summed E-state index contributed by atoms with van der Waals surface area (Å²) in [6, 6.07) is 10.5. The van der Waals surface area contributed by atoms with E-state index in [9.17, 15) is 13.2 Å². The maximum absolute atomic E-state index is 12.4. The van der Waals surface area contributed by atoms with E-state index < -0.39 is 10.0 Å². The highest BCUT2D eigenvalue weighted by Gasteiger charge is 2.22. The number of carbonyl (C=O) groups excluding carboxylic acids is 1. The molecule has 1 saturated heterocycles. The van der Waals surface area contributed by atoms with Crippen LogP contribution in [-0.4, -0.2) is 32.3 Å². The molecule has 0 aliphatic carbocycles. The zero-order valence-electron chi connectivity index (χ0n) is 12.5. The molecule has 1 amide bonds. The number of likely N-dealkylation sites (tertiary alicyclic amines) is 1. The first-order valence-electron chi connectivity index (χ1n) is 7.24. The third-order valence-electron chi connectivity index (χ3n) is 3.71. The van der Waals surface area contributed by atoms with Crippen molar-refractivity contribution in [2.75, 3.05) is 17.8 Å². The average Bonchev–Trinajstić information content (AvgIpc) is 2.48. The molecule has 0 bridgehead atoms. The highest BCUT2D eigenvalue weighted by atomic mass is 35.5. The fourth-order valence-corrected chi connectivity index (χ4v) is 4.10. The topological polar surface area (TPSA) is 66.5 Å². The Morgan fingerprint density at radius 1 is 1.04 bits per heavy atom. The van der Waals surface area contributed by atoms with Crippen molar-refractivity contribution in [2.24, 2.45) is 0 Å². The lowest BCUT2D eigenvalue weighted by molar-refractivity contribution is 0.0652. The first kappa shape index (κ1) is 17.1. The van der Waals surface area contributed by atoms with E-state index in [0.29, 0.717) is 11.3 Å². The molecule has 0 spiro atoms. The predicted octanol–water partition coefficient (Wildman–Crippen LogP) is 3.64. The Hall–Kier alpha value is -1.76. The Bertz CT molecular complexity index is 879. The molecule has 1 aliphatic rings. The second-order valence-electron chi connectivity index (χ2n) is 5.40. The van der Waals surface area contributed by atoms with Crippen LogP contribution in [0.5, 0.6) is 0 Å². The summed E-state index contributed by atoms with van der Waals surface area (Å²) in [7, 11) is -3.87. The van der Waals surface area contributed by atoms with Gasteiger partial charge in [0.1, 0.15) is 4.90 Å². The third kappa shape index (κ3) is 3.50. The molecule has 8 heteroatoms. The molecule has 0 unspecified atom stereocenters. The molecule has 0 aromatic heterocycles. The molecule has 0 saturated carbocycles. The van der Waals surface area contributed by atoms with Crippen LogP contribution < -0.4 is 4.72 Å². The highest BCUT2D eigenvalue weighted by Crippen LogP contribution is 2.27. The standard InChI is InChI=1S/C16H14Cl2N2O3S/c17-12-4-7-14(18)15(10-12)24(22,23)19-13-5-2-11(3-6-13)16(21)20-8-1-9-20/h2-7,10,19H,1,8-9H2. The van der Waals surface area contributed by atoms with Gasteiger partial charge in [-0.1, -0.05) is 23.2 Å². The van der Waals surface area contributed by atoms with Crippen LogP contribution in [0, 0.1) is 0 Å². The number of nitrogens with one attached hydrogen (secondary N) is 1. The number of halogens is 2. The molecule has 1 heterocycles. The molecular weight excluding hydrogens is 371 g/mol. The number of anilines is 1. The minimum absolute atomic E-state index is 0.0476. The molecule has 1 aliphatic heterocycles. The van der Waals surface area contributed by atoms with Gasteiger partial charge >= 0.3 is 0 Å². The van der Waals surface area contributed by atoms with Crippen LogP contribution in [0.25, 0.3) is 0 Å². The summed E-state index contributed by atoms with van der Waals surface area (Å²) in [6.45, 7) is 1.53. The van der Waals surface area contributed by atoms with Crippen molar-refractivity contribution in [2.45, 2.75) is 11.3 Å². The maximum Gasteiger partial charge on any atom is 0.263 e. The molecule has 0 radical (unpaired) electrons. The number of hydrogen-bond donors (Lipinski definition) is 1. The molecule has 126 valence electrons. The quantitative estimate of drug-likeness (QED) is 0.874. The number of benzene rings is 2. The highest BCUT2D eigenvalue weighted by molar-refractivity contribution is 7.92. The number of carbonyl (C=O) groups is 1. The van der Waals surface area contributed by atoms with Crippen molar-refractivity contribution in [3.05, 3.63) is 58.1 Å². The lowest BCUT2D eigenvalue weighted by atomic mass is 10.1. The molecule has 1 fully saturated rings. The summed E-state index contributed by atoms with van der Waals surface area (Å²) in [5, 5.41) is 0.353. The van der Waals surface area contributed by atoms with Crippen molar-refractivity contribution in [3.63, 3.8) is 0 Å². The summed E-state index contributed by atoms with van der Waals surface area (Å²) in [4.78, 5) is 13.7. The summed E-state index contributed by atoms with van der Waals surface area (Å²) >= 11 is 11.8. The van der Waals surface area contributed by atoms with Crippen molar-refractivity contribution >= 4 is 44.8 Å². The maximum atomic E-state index is 12.4. The summed E-state index contributed by atoms with van der Waals surface area (Å²) < 4.78 is 27.3. The summed E-state index contributed by atoms with van der Waals surface area (Å²) in [6.07, 6.45) is 1.02. The van der Waals surface area contributed by atoms with Gasteiger partial charge in [-0.05, 0) is 48.9 Å². The van der Waals surface area contributed by atoms with Gasteiger partial charge in [0.05, 0.1) is 5.02 Å². The number of rotatable bonds is 4. The zero-order chi connectivity index (χ0) is 17.3. The van der Waals surface area contributed by atoms with E-state index in [1.165, 1.54) is 18.2 Å². The summed E-state index contributed by atoms with van der Waals surface area (Å²) in [5.74, 6) is -0.0476. The third-order valence-corrected chi connectivity index (χ3v) is 5.81. The van der Waals surface area contributed by atoms with Crippen LogP contribution in [0.4, 0.5) is 5.69 Å². The second kappa shape index (κ2) is 6.63. The molecular formula is C16H14Cl2N2O3S. The van der Waals surface area contributed by atoms with Crippen LogP contribution in [0.2, 0.25) is 10.0 Å². The number of sulfonamides is 1. The van der Waals surface area contributed by atoms with Crippen LogP contribution in [-0.2, 0) is 10.0 Å². The van der Waals surface area contributed by atoms with Crippen LogP contribution in [0.15, 0.2) is 47.4 Å². The first-order valence-corrected chi connectivity index (χ1v) is 9.48. The van der Waals surface area contributed by atoms with E-state index in [1.807, 2.05) is 0 Å². The SMILES string of the molecule is O=C(c1ccc(NS(=O)(=O)c2cc(Cl)ccc2Cl)cc1)N1CCC1. The van der Waals surface area contributed by atoms with E-state index in [4.69, 9.17) is 23.2 Å². The molecule has 24 heavy (non-hydrogen) atoms. The second-order valence-corrected chi connectivity index (χ2v) is 7.90. The Balaban J connectivity index is 1.80. The lowest BCUT2D eigenvalue weighted by Gasteiger charge is -2.30. The Morgan fingerprint density at radius 3 is 2.29 bits per heavy atom. The minimum atomic E-state index is -3.87. The normalized spacial score (nSPS) is 14.2. The number of hydrogen-bond acceptors (Lipinski definition) is 3. The molecule has 0 atom stereocenters. The van der Waals surface area contributed by atoms with Gasteiger partial charge in [0.2, 0.25) is 0 Å². The number of amides is 1. The first-order chi connectivity index (χ1) is 11.4. The summed E-state index contributed by atoms with van der Waals surface area (Å²) in [5.41, 5.74) is 0.865. The molecule has 2 aromatic carbocycles. The van der Waals surface area contributed by atoms with Crippen molar-refractivity contribution in [1.82, 2.24) is 4.90 Å². The van der Waals surface area contributed by atoms with Crippen LogP contribution >= 0.6 is 23.2 Å². The largest absolute Gasteiger partial charge is 0.339 e. The van der Waals surface area contributed by atoms with Crippen molar-refractivity contribution < 1.29 is 13.2 Å². The molecule has 3 rings (SSSR count). The van der Waals surface area contributed by atoms with Crippen LogP contribution in [0.3, 0.4) is 0 Å². The van der Waals surface area contributed by atoms with Gasteiger partial charge in [0, 0.05) is 29.4 Å². The monoisotopic (exact) mass is 384 g/mol. The lowest BCUT2D eigenvalue weighted by Crippen LogP contribution is -2.41. The van der Waals surface area contributed by atoms with Gasteiger partial charge in [-0.2, -0.15) is 0 Å². The van der Waals surface area contributed by atoms with Gasteiger partial charge in [-0.3, -0.25) is 9.52 Å². The van der Waals surface area contributed by atoms with Crippen LogP contribution in [0.1, 0.15) is 16.8 Å². The van der Waals surface area contributed by atoms with Gasteiger partial charge in [-0.15, -0.1) is 0 Å². The van der Waals surface area contributed by atoms with E-state index >= 15 is 0 Å². The number of nitrogens with zero attached hydrogens (tertiary/aromatic N) is 1. The van der Waals surface area contributed by atoms with Gasteiger partial charge < -0.3 is 4.90 Å². The van der Waals surface area contributed by atoms with E-state index in [0.717, 1.165) is 19.5 Å².